The van der Waals surface area contributed by atoms with E-state index in [0.29, 0.717) is 28.9 Å². The number of halogens is 4. The first-order chi connectivity index (χ1) is 17.6. The molecule has 0 saturated carbocycles. The van der Waals surface area contributed by atoms with E-state index in [1.807, 2.05) is 0 Å². The number of rotatable bonds is 5. The molecule has 0 fully saturated rings. The number of alkyl halides is 3. The van der Waals surface area contributed by atoms with Gasteiger partial charge in [0.25, 0.3) is 10.0 Å². The molecule has 0 spiro atoms. The summed E-state index contributed by atoms with van der Waals surface area (Å²) in [6, 6.07) is 11.6. The maximum atomic E-state index is 13.5. The van der Waals surface area contributed by atoms with E-state index >= 15 is 0 Å². The maximum Gasteiger partial charge on any atom is 0.416 e. The fourth-order valence-corrected chi connectivity index (χ4v) is 5.25. The minimum absolute atomic E-state index is 0.0686. The van der Waals surface area contributed by atoms with E-state index in [1.165, 1.54) is 49.1 Å². The standard InChI is InChI=1S/C25H18F4N4O3S/c26-23-6-1-15(13-31-23)21-11-16(25(27,28)29)2-4-18(21)19-8-10-36-22-12-17(3-5-20(19)22)37(34,35)33-24-7-9-30-14-32-24/h1-7,9,11-14,19H,8,10H2,(H,30,32,33)/t19-/m1/s1. The maximum absolute atomic E-state index is 13.5. The molecule has 190 valence electrons. The minimum atomic E-state index is -4.58. The highest BCUT2D eigenvalue weighted by molar-refractivity contribution is 7.92. The van der Waals surface area contributed by atoms with E-state index in [4.69, 9.17) is 4.74 Å². The molecule has 0 radical (unpaired) electrons. The van der Waals surface area contributed by atoms with Crippen molar-refractivity contribution < 1.29 is 30.7 Å². The predicted molar refractivity (Wildman–Crippen MR) is 126 cm³/mol. The highest BCUT2D eigenvalue weighted by Gasteiger charge is 2.33. The average Bonchev–Trinajstić information content (AvgIpc) is 2.88. The zero-order chi connectivity index (χ0) is 26.2. The molecular weight excluding hydrogens is 512 g/mol. The largest absolute Gasteiger partial charge is 0.493 e. The Kier molecular flexibility index (Phi) is 6.28. The molecule has 2 aromatic heterocycles. The molecule has 1 aliphatic rings. The van der Waals surface area contributed by atoms with Crippen molar-refractivity contribution >= 4 is 15.8 Å². The van der Waals surface area contributed by atoms with Crippen molar-refractivity contribution in [3.8, 4) is 16.9 Å². The van der Waals surface area contributed by atoms with Crippen molar-refractivity contribution in [3.05, 3.63) is 96.0 Å². The molecule has 3 heterocycles. The van der Waals surface area contributed by atoms with Gasteiger partial charge in [0.05, 0.1) is 17.1 Å². The number of nitrogens with zero attached hydrogens (tertiary/aromatic N) is 3. The molecule has 12 heteroatoms. The lowest BCUT2D eigenvalue weighted by Crippen LogP contribution is -2.18. The van der Waals surface area contributed by atoms with Crippen LogP contribution in [-0.2, 0) is 16.2 Å². The lowest BCUT2D eigenvalue weighted by atomic mass is 9.82. The second-order valence-corrected chi connectivity index (χ2v) is 9.94. The van der Waals surface area contributed by atoms with Gasteiger partial charge in [0.2, 0.25) is 5.95 Å². The molecule has 0 amide bonds. The zero-order valence-corrected chi connectivity index (χ0v) is 19.7. The molecule has 37 heavy (non-hydrogen) atoms. The summed E-state index contributed by atoms with van der Waals surface area (Å²) in [6.07, 6.45) is -0.358. The number of sulfonamides is 1. The van der Waals surface area contributed by atoms with Crippen LogP contribution in [0.5, 0.6) is 5.75 Å². The van der Waals surface area contributed by atoms with Crippen molar-refractivity contribution in [1.29, 1.82) is 0 Å². The highest BCUT2D eigenvalue weighted by Crippen LogP contribution is 2.44. The molecule has 0 unspecified atom stereocenters. The number of hydrogen-bond donors (Lipinski definition) is 1. The van der Waals surface area contributed by atoms with Crippen LogP contribution in [0.4, 0.5) is 23.4 Å². The Morgan fingerprint density at radius 2 is 1.78 bits per heavy atom. The summed E-state index contributed by atoms with van der Waals surface area (Å²) in [5.41, 5.74) is 0.898. The monoisotopic (exact) mass is 530 g/mol. The van der Waals surface area contributed by atoms with E-state index < -0.39 is 33.6 Å². The van der Waals surface area contributed by atoms with E-state index in [2.05, 4.69) is 19.7 Å². The third-order valence-electron chi connectivity index (χ3n) is 5.95. The summed E-state index contributed by atoms with van der Waals surface area (Å²) in [7, 11) is -4.00. The third-order valence-corrected chi connectivity index (χ3v) is 7.30. The number of ether oxygens (including phenoxy) is 1. The highest BCUT2D eigenvalue weighted by atomic mass is 32.2. The Labute approximate surface area is 209 Å². The number of benzene rings is 2. The molecule has 0 saturated heterocycles. The van der Waals surface area contributed by atoms with Crippen LogP contribution in [-0.4, -0.2) is 30.0 Å². The lowest BCUT2D eigenvalue weighted by Gasteiger charge is -2.29. The van der Waals surface area contributed by atoms with Crippen molar-refractivity contribution in [2.24, 2.45) is 0 Å². The Hall–Kier alpha value is -4.06. The van der Waals surface area contributed by atoms with Crippen molar-refractivity contribution in [3.63, 3.8) is 0 Å². The number of fused-ring (bicyclic) bond motifs is 1. The number of pyridine rings is 1. The average molecular weight is 531 g/mol. The van der Waals surface area contributed by atoms with Gasteiger partial charge in [-0.3, -0.25) is 4.72 Å². The van der Waals surface area contributed by atoms with Crippen LogP contribution in [0, 0.1) is 5.95 Å². The molecule has 4 aromatic rings. The smallest absolute Gasteiger partial charge is 0.416 e. The van der Waals surface area contributed by atoms with E-state index in [1.54, 1.807) is 6.07 Å². The molecule has 2 aromatic carbocycles. The van der Waals surface area contributed by atoms with Crippen molar-refractivity contribution in [2.75, 3.05) is 11.3 Å². The summed E-state index contributed by atoms with van der Waals surface area (Å²) in [5.74, 6) is -0.769. The number of hydrogen-bond acceptors (Lipinski definition) is 6. The summed E-state index contributed by atoms with van der Waals surface area (Å²) < 4.78 is 87.8. The summed E-state index contributed by atoms with van der Waals surface area (Å²) >= 11 is 0. The fraction of sp³-hybridized carbons (Fsp3) is 0.160. The van der Waals surface area contributed by atoms with Gasteiger partial charge < -0.3 is 4.74 Å². The van der Waals surface area contributed by atoms with Gasteiger partial charge in [0, 0.05) is 35.5 Å². The quantitative estimate of drug-likeness (QED) is 0.274. The fourth-order valence-electron chi connectivity index (χ4n) is 4.23. The SMILES string of the molecule is O=S(=O)(Nc1ccncn1)c1ccc2c(c1)OCC[C@@H]2c1ccc(C(F)(F)F)cc1-c1ccc(F)nc1. The second kappa shape index (κ2) is 9.43. The molecule has 0 aliphatic carbocycles. The molecule has 1 aliphatic heterocycles. The van der Waals surface area contributed by atoms with Gasteiger partial charge in [-0.25, -0.2) is 23.4 Å². The molecule has 5 rings (SSSR count). The van der Waals surface area contributed by atoms with Crippen LogP contribution < -0.4 is 9.46 Å². The Bertz CT molecular complexity index is 1550. The molecule has 0 bridgehead atoms. The van der Waals surface area contributed by atoms with Crippen LogP contribution in [0.3, 0.4) is 0 Å². The van der Waals surface area contributed by atoms with Crippen molar-refractivity contribution in [2.45, 2.75) is 23.4 Å². The normalized spacial score (nSPS) is 15.5. The minimum Gasteiger partial charge on any atom is -0.493 e. The van der Waals surface area contributed by atoms with E-state index in [0.717, 1.165) is 18.2 Å². The van der Waals surface area contributed by atoms with Crippen molar-refractivity contribution in [1.82, 2.24) is 15.0 Å². The van der Waals surface area contributed by atoms with E-state index in [9.17, 15) is 26.0 Å². The Morgan fingerprint density at radius 1 is 0.973 bits per heavy atom. The van der Waals surface area contributed by atoms with Gasteiger partial charge in [0.15, 0.2) is 0 Å². The molecular formula is C25H18F4N4O3S. The van der Waals surface area contributed by atoms with Gasteiger partial charge in [-0.1, -0.05) is 12.1 Å². The number of nitrogens with one attached hydrogen (secondary N) is 1. The predicted octanol–water partition coefficient (Wildman–Crippen LogP) is 5.41. The van der Waals surface area contributed by atoms with Crippen LogP contribution in [0.25, 0.3) is 11.1 Å². The van der Waals surface area contributed by atoms with Gasteiger partial charge in [-0.2, -0.15) is 17.6 Å². The topological polar surface area (TPSA) is 94.1 Å². The molecule has 1 N–H and O–H groups in total. The lowest BCUT2D eigenvalue weighted by molar-refractivity contribution is -0.137. The number of aromatic nitrogens is 3. The van der Waals surface area contributed by atoms with Crippen LogP contribution >= 0.6 is 0 Å². The summed E-state index contributed by atoms with van der Waals surface area (Å²) in [6.45, 7) is 0.211. The van der Waals surface area contributed by atoms with Crippen LogP contribution in [0.2, 0.25) is 0 Å². The zero-order valence-electron chi connectivity index (χ0n) is 18.9. The second-order valence-electron chi connectivity index (χ2n) is 8.26. The molecule has 7 nitrogen and oxygen atoms in total. The number of anilines is 1. The summed E-state index contributed by atoms with van der Waals surface area (Å²) in [5, 5.41) is 0. The first kappa shape index (κ1) is 24.6. The Morgan fingerprint density at radius 3 is 2.49 bits per heavy atom. The third kappa shape index (κ3) is 5.10. The first-order valence-corrected chi connectivity index (χ1v) is 12.5. The van der Waals surface area contributed by atoms with Gasteiger partial charge in [0.1, 0.15) is 17.9 Å². The molecule has 1 atom stereocenters. The van der Waals surface area contributed by atoms with Crippen LogP contribution in [0.1, 0.15) is 29.0 Å². The van der Waals surface area contributed by atoms with E-state index in [-0.39, 0.29) is 22.9 Å². The first-order valence-electron chi connectivity index (χ1n) is 11.0. The summed E-state index contributed by atoms with van der Waals surface area (Å²) in [4.78, 5) is 11.1. The van der Waals surface area contributed by atoms with Gasteiger partial charge in [-0.15, -0.1) is 0 Å². The van der Waals surface area contributed by atoms with Crippen LogP contribution in [0.15, 0.2) is 78.2 Å². The Balaban J connectivity index is 1.56. The van der Waals surface area contributed by atoms with Gasteiger partial charge >= 0.3 is 6.18 Å². The van der Waals surface area contributed by atoms with Gasteiger partial charge in [-0.05, 0) is 53.9 Å².